The summed E-state index contributed by atoms with van der Waals surface area (Å²) in [4.78, 5) is 10.4. The Morgan fingerprint density at radius 1 is 1.09 bits per heavy atom. The average molecular weight is 308 g/mol. The van der Waals surface area contributed by atoms with E-state index in [1.165, 1.54) is 32.1 Å². The number of ether oxygens (including phenoxy) is 1. The highest BCUT2D eigenvalue weighted by molar-refractivity contribution is 5.66. The molecule has 3 nitrogen and oxygen atoms in total. The number of carbonyl (C=O) groups is 1. The van der Waals surface area contributed by atoms with E-state index in [9.17, 15) is 4.79 Å². The Bertz CT molecular complexity index is 347. The van der Waals surface area contributed by atoms with Crippen molar-refractivity contribution >= 4 is 5.97 Å². The minimum Gasteiger partial charge on any atom is -0.481 e. The van der Waals surface area contributed by atoms with E-state index in [-0.39, 0.29) is 12.5 Å². The first-order valence-electron chi connectivity index (χ1n) is 8.90. The van der Waals surface area contributed by atoms with E-state index >= 15 is 0 Å². The van der Waals surface area contributed by atoms with Crippen molar-refractivity contribution in [1.82, 2.24) is 0 Å². The fraction of sp³-hybridized carbons (Fsp3) is 0.737. The summed E-state index contributed by atoms with van der Waals surface area (Å²) in [6.45, 7) is 3.09. The van der Waals surface area contributed by atoms with Crippen molar-refractivity contribution in [2.45, 2.75) is 77.2 Å². The molecule has 2 atom stereocenters. The summed E-state index contributed by atoms with van der Waals surface area (Å²) in [5.74, 6) is -0.186. The van der Waals surface area contributed by atoms with Gasteiger partial charge in [0, 0.05) is 18.9 Å². The van der Waals surface area contributed by atoms with Gasteiger partial charge in [-0.3, -0.25) is 4.79 Å². The molecule has 2 unspecified atom stereocenters. The minimum atomic E-state index is -0.702. The Hall–Kier alpha value is -1.09. The lowest BCUT2D eigenvalue weighted by Crippen LogP contribution is -2.10. The lowest BCUT2D eigenvalue weighted by atomic mass is 9.99. The minimum absolute atomic E-state index is 0.214. The summed E-state index contributed by atoms with van der Waals surface area (Å²) in [6, 6.07) is 0. The zero-order valence-electron chi connectivity index (χ0n) is 14.0. The molecule has 0 aromatic rings. The van der Waals surface area contributed by atoms with Gasteiger partial charge < -0.3 is 9.84 Å². The second-order valence-corrected chi connectivity index (χ2v) is 6.13. The molecule has 22 heavy (non-hydrogen) atoms. The van der Waals surface area contributed by atoms with E-state index in [1.54, 1.807) is 0 Å². The van der Waals surface area contributed by atoms with Crippen LogP contribution in [0.4, 0.5) is 0 Å². The van der Waals surface area contributed by atoms with Gasteiger partial charge in [-0.25, -0.2) is 0 Å². The molecule has 0 saturated carbocycles. The van der Waals surface area contributed by atoms with E-state index in [4.69, 9.17) is 9.84 Å². The van der Waals surface area contributed by atoms with Crippen LogP contribution in [-0.4, -0.2) is 23.8 Å². The third kappa shape index (κ3) is 9.04. The van der Waals surface area contributed by atoms with Gasteiger partial charge in [0.15, 0.2) is 0 Å². The molecule has 0 aliphatic carbocycles. The van der Waals surface area contributed by atoms with Crippen LogP contribution in [0, 0.1) is 5.92 Å². The van der Waals surface area contributed by atoms with Crippen molar-refractivity contribution in [2.75, 3.05) is 6.61 Å². The van der Waals surface area contributed by atoms with Crippen LogP contribution in [0.2, 0.25) is 0 Å². The molecule has 0 radical (unpaired) electrons. The van der Waals surface area contributed by atoms with Crippen molar-refractivity contribution in [2.24, 2.45) is 5.92 Å². The molecule has 0 spiro atoms. The maximum Gasteiger partial charge on any atom is 0.303 e. The highest BCUT2D eigenvalue weighted by atomic mass is 16.5. The SMILES string of the molecule is CCCCCCC=CC1CCOC1C=CCCCCC(=O)O. The van der Waals surface area contributed by atoms with E-state index in [2.05, 4.69) is 31.2 Å². The zero-order valence-corrected chi connectivity index (χ0v) is 14.0. The van der Waals surface area contributed by atoms with Crippen molar-refractivity contribution in [1.29, 1.82) is 0 Å². The lowest BCUT2D eigenvalue weighted by Gasteiger charge is -2.10. The first kappa shape index (κ1) is 19.0. The van der Waals surface area contributed by atoms with Gasteiger partial charge in [0.2, 0.25) is 0 Å². The number of aliphatic carboxylic acids is 1. The predicted molar refractivity (Wildman–Crippen MR) is 91.0 cm³/mol. The molecular formula is C19H32O3. The summed E-state index contributed by atoms with van der Waals surface area (Å²) in [7, 11) is 0. The van der Waals surface area contributed by atoms with Crippen molar-refractivity contribution in [3.05, 3.63) is 24.3 Å². The first-order valence-corrected chi connectivity index (χ1v) is 8.90. The second-order valence-electron chi connectivity index (χ2n) is 6.13. The number of hydrogen-bond acceptors (Lipinski definition) is 2. The molecule has 1 saturated heterocycles. The maximum atomic E-state index is 10.4. The van der Waals surface area contributed by atoms with Crippen LogP contribution in [0.3, 0.4) is 0 Å². The van der Waals surface area contributed by atoms with Crippen LogP contribution >= 0.6 is 0 Å². The third-order valence-corrected chi connectivity index (χ3v) is 4.13. The quantitative estimate of drug-likeness (QED) is 0.402. The van der Waals surface area contributed by atoms with Gasteiger partial charge in [-0.05, 0) is 38.5 Å². The molecule has 1 heterocycles. The molecule has 0 bridgehead atoms. The monoisotopic (exact) mass is 308 g/mol. The predicted octanol–water partition coefficient (Wildman–Crippen LogP) is 5.12. The molecule has 1 fully saturated rings. The van der Waals surface area contributed by atoms with Crippen molar-refractivity contribution in [3.8, 4) is 0 Å². The van der Waals surface area contributed by atoms with E-state index in [0.29, 0.717) is 5.92 Å². The van der Waals surface area contributed by atoms with E-state index < -0.39 is 5.97 Å². The summed E-state index contributed by atoms with van der Waals surface area (Å²) in [6.07, 6.45) is 19.7. The summed E-state index contributed by atoms with van der Waals surface area (Å²) >= 11 is 0. The van der Waals surface area contributed by atoms with Gasteiger partial charge in [0.1, 0.15) is 0 Å². The number of carboxylic acids is 1. The molecule has 0 amide bonds. The Labute approximate surface area is 135 Å². The van der Waals surface area contributed by atoms with Crippen LogP contribution < -0.4 is 0 Å². The molecule has 1 aliphatic heterocycles. The van der Waals surface area contributed by atoms with Crippen LogP contribution in [-0.2, 0) is 9.53 Å². The zero-order chi connectivity index (χ0) is 16.0. The van der Waals surface area contributed by atoms with Gasteiger partial charge >= 0.3 is 5.97 Å². The van der Waals surface area contributed by atoms with Gasteiger partial charge in [0.05, 0.1) is 6.10 Å². The summed E-state index contributed by atoms with van der Waals surface area (Å²) < 4.78 is 5.77. The fourth-order valence-corrected chi connectivity index (χ4v) is 2.76. The van der Waals surface area contributed by atoms with Crippen LogP contribution in [0.1, 0.15) is 71.1 Å². The van der Waals surface area contributed by atoms with Crippen LogP contribution in [0.15, 0.2) is 24.3 Å². The number of carboxylic acid groups (broad SMARTS) is 1. The Morgan fingerprint density at radius 2 is 1.82 bits per heavy atom. The summed E-state index contributed by atoms with van der Waals surface area (Å²) in [5.41, 5.74) is 0. The standard InChI is InChI=1S/C19H32O3/c1-2-3-4-5-6-9-12-17-15-16-22-18(17)13-10-7-8-11-14-19(20)21/h9-10,12-13,17-18H,2-8,11,14-16H2,1H3,(H,20,21). The molecule has 3 heteroatoms. The number of allylic oxidation sites excluding steroid dienone is 2. The maximum absolute atomic E-state index is 10.4. The third-order valence-electron chi connectivity index (χ3n) is 4.13. The highest BCUT2D eigenvalue weighted by Crippen LogP contribution is 2.24. The van der Waals surface area contributed by atoms with Crippen molar-refractivity contribution in [3.63, 3.8) is 0 Å². The van der Waals surface area contributed by atoms with Gasteiger partial charge in [-0.1, -0.05) is 50.5 Å². The summed E-state index contributed by atoms with van der Waals surface area (Å²) in [5, 5.41) is 8.58. The van der Waals surface area contributed by atoms with Gasteiger partial charge in [-0.15, -0.1) is 0 Å². The Morgan fingerprint density at radius 3 is 2.55 bits per heavy atom. The second kappa shape index (κ2) is 12.5. The molecule has 1 aliphatic rings. The van der Waals surface area contributed by atoms with Gasteiger partial charge in [-0.2, -0.15) is 0 Å². The normalized spacial score (nSPS) is 22.0. The molecular weight excluding hydrogens is 276 g/mol. The number of hydrogen-bond donors (Lipinski definition) is 1. The van der Waals surface area contributed by atoms with E-state index in [0.717, 1.165) is 32.3 Å². The smallest absolute Gasteiger partial charge is 0.303 e. The first-order chi connectivity index (χ1) is 10.7. The molecule has 1 N–H and O–H groups in total. The Kier molecular flexibility index (Phi) is 10.7. The van der Waals surface area contributed by atoms with Gasteiger partial charge in [0.25, 0.3) is 0 Å². The largest absolute Gasteiger partial charge is 0.481 e. The number of unbranched alkanes of at least 4 members (excludes halogenated alkanes) is 6. The molecule has 0 aromatic heterocycles. The van der Waals surface area contributed by atoms with Crippen molar-refractivity contribution < 1.29 is 14.6 Å². The van der Waals surface area contributed by atoms with Crippen LogP contribution in [0.25, 0.3) is 0 Å². The number of rotatable bonds is 12. The Balaban J connectivity index is 2.16. The topological polar surface area (TPSA) is 46.5 Å². The fourth-order valence-electron chi connectivity index (χ4n) is 2.76. The lowest BCUT2D eigenvalue weighted by molar-refractivity contribution is -0.137. The molecule has 1 rings (SSSR count). The molecule has 126 valence electrons. The average Bonchev–Trinajstić information content (AvgIpc) is 2.93. The molecule has 0 aromatic carbocycles. The highest BCUT2D eigenvalue weighted by Gasteiger charge is 2.23. The van der Waals surface area contributed by atoms with E-state index in [1.807, 2.05) is 0 Å². The van der Waals surface area contributed by atoms with Crippen LogP contribution in [0.5, 0.6) is 0 Å².